The molecule has 1 heterocycles. The molecule has 1 aromatic rings. The van der Waals surface area contributed by atoms with Gasteiger partial charge in [-0.2, -0.15) is 0 Å². The number of aromatic nitrogens is 1. The zero-order valence-corrected chi connectivity index (χ0v) is 9.53. The van der Waals surface area contributed by atoms with E-state index >= 15 is 0 Å². The third-order valence-electron chi connectivity index (χ3n) is 2.37. The van der Waals surface area contributed by atoms with Gasteiger partial charge in [-0.25, -0.2) is 8.42 Å². The highest BCUT2D eigenvalue weighted by molar-refractivity contribution is 7.91. The summed E-state index contributed by atoms with van der Waals surface area (Å²) in [5.41, 5.74) is 3.27. The van der Waals surface area contributed by atoms with Gasteiger partial charge in [-0.1, -0.05) is 6.07 Å². The van der Waals surface area contributed by atoms with Gasteiger partial charge in [-0.15, -0.1) is 0 Å². The van der Waals surface area contributed by atoms with E-state index in [-0.39, 0.29) is 0 Å². The van der Waals surface area contributed by atoms with E-state index in [1.54, 1.807) is 31.5 Å². The molecule has 3 N–H and O–H groups in total. The molecule has 5 nitrogen and oxygen atoms in total. The Kier molecular flexibility index (Phi) is 3.78. The van der Waals surface area contributed by atoms with Crippen LogP contribution in [0.2, 0.25) is 0 Å². The zero-order valence-electron chi connectivity index (χ0n) is 8.71. The second kappa shape index (κ2) is 4.69. The number of hydrogen-bond donors (Lipinski definition) is 2. The molecule has 0 aliphatic rings. The first kappa shape index (κ1) is 12.1. The van der Waals surface area contributed by atoms with Crippen LogP contribution in [0.5, 0.6) is 0 Å². The number of nitrogens with two attached hydrogens (primary N) is 1. The second-order valence-electron chi connectivity index (χ2n) is 3.47. The summed E-state index contributed by atoms with van der Waals surface area (Å²) >= 11 is 0. The highest BCUT2D eigenvalue weighted by Gasteiger charge is 2.26. The molecule has 0 fully saturated rings. The van der Waals surface area contributed by atoms with Gasteiger partial charge in [-0.05, 0) is 18.6 Å². The van der Waals surface area contributed by atoms with Gasteiger partial charge in [0.1, 0.15) is 0 Å². The van der Waals surface area contributed by atoms with Crippen molar-refractivity contribution in [3.63, 3.8) is 0 Å². The van der Waals surface area contributed by atoms with Crippen LogP contribution < -0.4 is 11.3 Å². The minimum Gasteiger partial charge on any atom is -0.271 e. The first-order chi connectivity index (χ1) is 6.96. The van der Waals surface area contributed by atoms with Crippen LogP contribution in [0.15, 0.2) is 24.5 Å². The average molecular weight is 229 g/mol. The van der Waals surface area contributed by atoms with Crippen molar-refractivity contribution in [1.29, 1.82) is 0 Å². The van der Waals surface area contributed by atoms with E-state index in [1.807, 2.05) is 0 Å². The average Bonchev–Trinajstić information content (AvgIpc) is 2.19. The lowest BCUT2D eigenvalue weighted by Gasteiger charge is -2.21. The molecule has 0 saturated carbocycles. The summed E-state index contributed by atoms with van der Waals surface area (Å²) in [6.45, 7) is 1.62. The Morgan fingerprint density at radius 3 is 2.60 bits per heavy atom. The van der Waals surface area contributed by atoms with Crippen LogP contribution in [0.4, 0.5) is 0 Å². The Hall–Kier alpha value is -0.980. The Balaban J connectivity index is 3.01. The van der Waals surface area contributed by atoms with Crippen molar-refractivity contribution < 1.29 is 8.42 Å². The van der Waals surface area contributed by atoms with Crippen molar-refractivity contribution in [3.05, 3.63) is 30.1 Å². The van der Waals surface area contributed by atoms with Crippen LogP contribution in [-0.4, -0.2) is 24.9 Å². The molecule has 0 amide bonds. The number of rotatable bonds is 4. The molecular formula is C9H15N3O2S. The van der Waals surface area contributed by atoms with Crippen molar-refractivity contribution in [2.24, 2.45) is 5.84 Å². The molecule has 6 heteroatoms. The van der Waals surface area contributed by atoms with E-state index in [1.165, 1.54) is 6.26 Å². The fraction of sp³-hybridized carbons (Fsp3) is 0.444. The predicted molar refractivity (Wildman–Crippen MR) is 58.6 cm³/mol. The standard InChI is InChI=1S/C9H15N3O2S/c1-7(15(2,13)14)9(12-10)8-4-3-5-11-6-8/h3-7,9,12H,10H2,1-2H3. The maximum absolute atomic E-state index is 11.4. The number of hydrazine groups is 1. The quantitative estimate of drug-likeness (QED) is 0.561. The third-order valence-corrected chi connectivity index (χ3v) is 3.99. The zero-order chi connectivity index (χ0) is 11.5. The van der Waals surface area contributed by atoms with Gasteiger partial charge < -0.3 is 0 Å². The van der Waals surface area contributed by atoms with E-state index in [0.29, 0.717) is 0 Å². The fourth-order valence-corrected chi connectivity index (χ4v) is 2.04. The molecule has 0 radical (unpaired) electrons. The SMILES string of the molecule is CC(C(NN)c1cccnc1)S(C)(=O)=O. The summed E-state index contributed by atoms with van der Waals surface area (Å²) in [4.78, 5) is 3.93. The largest absolute Gasteiger partial charge is 0.271 e. The molecule has 84 valence electrons. The molecule has 15 heavy (non-hydrogen) atoms. The Morgan fingerprint density at radius 1 is 1.53 bits per heavy atom. The fourth-order valence-electron chi connectivity index (χ4n) is 1.31. The van der Waals surface area contributed by atoms with Crippen LogP contribution in [-0.2, 0) is 9.84 Å². The molecular weight excluding hydrogens is 214 g/mol. The number of nitrogens with zero attached hydrogens (tertiary/aromatic N) is 1. The van der Waals surface area contributed by atoms with Gasteiger partial charge in [0, 0.05) is 18.6 Å². The van der Waals surface area contributed by atoms with Gasteiger partial charge in [-0.3, -0.25) is 16.3 Å². The third kappa shape index (κ3) is 2.98. The Bertz CT molecular complexity index is 405. The van der Waals surface area contributed by atoms with Gasteiger partial charge >= 0.3 is 0 Å². The van der Waals surface area contributed by atoms with E-state index in [2.05, 4.69) is 10.4 Å². The summed E-state index contributed by atoms with van der Waals surface area (Å²) in [7, 11) is -3.13. The maximum Gasteiger partial charge on any atom is 0.151 e. The van der Waals surface area contributed by atoms with Gasteiger partial charge in [0.25, 0.3) is 0 Å². The molecule has 1 aromatic heterocycles. The van der Waals surface area contributed by atoms with Crippen molar-refractivity contribution >= 4 is 9.84 Å². The minimum absolute atomic E-state index is 0.436. The summed E-state index contributed by atoms with van der Waals surface area (Å²) < 4.78 is 22.8. The molecule has 0 aliphatic heterocycles. The van der Waals surface area contributed by atoms with E-state index in [9.17, 15) is 8.42 Å². The molecule has 2 unspecified atom stereocenters. The van der Waals surface area contributed by atoms with E-state index in [0.717, 1.165) is 5.56 Å². The molecule has 0 saturated heterocycles. The molecule has 2 atom stereocenters. The van der Waals surface area contributed by atoms with Crippen LogP contribution >= 0.6 is 0 Å². The minimum atomic E-state index is -3.13. The summed E-state index contributed by atoms with van der Waals surface area (Å²) in [6.07, 6.45) is 4.42. The molecule has 0 spiro atoms. The van der Waals surface area contributed by atoms with Crippen molar-refractivity contribution in [3.8, 4) is 0 Å². The highest BCUT2D eigenvalue weighted by atomic mass is 32.2. The predicted octanol–water partition coefficient (Wildman–Crippen LogP) is 0.0191. The summed E-state index contributed by atoms with van der Waals surface area (Å²) in [6, 6.07) is 3.10. The highest BCUT2D eigenvalue weighted by Crippen LogP contribution is 2.19. The van der Waals surface area contributed by atoms with Crippen LogP contribution in [0.1, 0.15) is 18.5 Å². The first-order valence-corrected chi connectivity index (χ1v) is 6.47. The van der Waals surface area contributed by atoms with Crippen molar-refractivity contribution in [2.75, 3.05) is 6.26 Å². The number of sulfone groups is 1. The lowest BCUT2D eigenvalue weighted by molar-refractivity contribution is 0.512. The van der Waals surface area contributed by atoms with Gasteiger partial charge in [0.05, 0.1) is 11.3 Å². The normalized spacial score (nSPS) is 15.9. The van der Waals surface area contributed by atoms with Crippen LogP contribution in [0.25, 0.3) is 0 Å². The topological polar surface area (TPSA) is 85.1 Å². The maximum atomic E-state index is 11.4. The number of pyridine rings is 1. The Labute approximate surface area is 89.6 Å². The second-order valence-corrected chi connectivity index (χ2v) is 5.87. The monoisotopic (exact) mass is 229 g/mol. The van der Waals surface area contributed by atoms with Crippen molar-refractivity contribution in [1.82, 2.24) is 10.4 Å². The Morgan fingerprint density at radius 2 is 2.20 bits per heavy atom. The number of hydrogen-bond acceptors (Lipinski definition) is 5. The molecule has 0 bridgehead atoms. The van der Waals surface area contributed by atoms with E-state index < -0.39 is 21.1 Å². The lowest BCUT2D eigenvalue weighted by atomic mass is 10.1. The first-order valence-electron chi connectivity index (χ1n) is 4.51. The molecule has 0 aliphatic carbocycles. The van der Waals surface area contributed by atoms with Crippen LogP contribution in [0.3, 0.4) is 0 Å². The molecule has 0 aromatic carbocycles. The van der Waals surface area contributed by atoms with Gasteiger partial charge in [0.15, 0.2) is 9.84 Å². The van der Waals surface area contributed by atoms with Crippen molar-refractivity contribution in [2.45, 2.75) is 18.2 Å². The van der Waals surface area contributed by atoms with Crippen LogP contribution in [0, 0.1) is 0 Å². The smallest absolute Gasteiger partial charge is 0.151 e. The summed E-state index contributed by atoms with van der Waals surface area (Å²) in [5.74, 6) is 5.36. The lowest BCUT2D eigenvalue weighted by Crippen LogP contribution is -2.38. The van der Waals surface area contributed by atoms with Gasteiger partial charge in [0.2, 0.25) is 0 Å². The molecule has 1 rings (SSSR count). The summed E-state index contributed by atoms with van der Waals surface area (Å²) in [5, 5.41) is -0.591. The number of nitrogens with one attached hydrogen (secondary N) is 1. The van der Waals surface area contributed by atoms with E-state index in [4.69, 9.17) is 5.84 Å².